The number of nitrogens with one attached hydrogen (secondary N) is 1. The molecule has 7 nitrogen and oxygen atoms in total. The molecule has 1 saturated carbocycles. The van der Waals surface area contributed by atoms with Crippen LogP contribution in [0.2, 0.25) is 0 Å². The van der Waals surface area contributed by atoms with E-state index in [9.17, 15) is 4.79 Å². The summed E-state index contributed by atoms with van der Waals surface area (Å²) in [4.78, 5) is 21.1. The van der Waals surface area contributed by atoms with Gasteiger partial charge in [0.15, 0.2) is 0 Å². The van der Waals surface area contributed by atoms with Crippen molar-refractivity contribution in [1.29, 1.82) is 0 Å². The molecule has 26 heavy (non-hydrogen) atoms. The van der Waals surface area contributed by atoms with Gasteiger partial charge in [-0.05, 0) is 31.8 Å². The predicted octanol–water partition coefficient (Wildman–Crippen LogP) is 3.06. The fourth-order valence-electron chi connectivity index (χ4n) is 2.14. The van der Waals surface area contributed by atoms with Gasteiger partial charge >= 0.3 is 6.03 Å². The molecule has 1 heterocycles. The standard InChI is InChI=1S/C18H24N6OS/c1-4-5-15(23-16(20)10-14-6-7-14)17(12(2)19)26-13(3)22-18(25)24-9-8-21-11-24/h4-5,8-9,11,14H,1,3,6-7,10,19H2,2H3,(H2,20,23)(H,22,25)/b15-5-,17-12-. The Morgan fingerprint density at radius 1 is 1.50 bits per heavy atom. The molecule has 1 aliphatic carbocycles. The van der Waals surface area contributed by atoms with E-state index >= 15 is 0 Å². The number of amidine groups is 1. The number of imidazole rings is 1. The van der Waals surface area contributed by atoms with Crippen LogP contribution in [0.25, 0.3) is 0 Å². The number of carbonyl (C=O) groups excluding carboxylic acids is 1. The molecule has 0 atom stereocenters. The number of hydrogen-bond donors (Lipinski definition) is 3. The second-order valence-electron chi connectivity index (χ2n) is 5.98. The van der Waals surface area contributed by atoms with Crippen LogP contribution >= 0.6 is 11.8 Å². The minimum absolute atomic E-state index is 0.361. The summed E-state index contributed by atoms with van der Waals surface area (Å²) in [5.74, 6) is 1.19. The minimum Gasteiger partial charge on any atom is -0.401 e. The van der Waals surface area contributed by atoms with Crippen LogP contribution in [0.3, 0.4) is 0 Å². The maximum absolute atomic E-state index is 12.1. The summed E-state index contributed by atoms with van der Waals surface area (Å²) in [6.07, 6.45) is 11.0. The molecule has 1 fully saturated rings. The van der Waals surface area contributed by atoms with Crippen molar-refractivity contribution in [1.82, 2.24) is 14.9 Å². The number of allylic oxidation sites excluding steroid dienone is 3. The first-order chi connectivity index (χ1) is 12.4. The molecule has 1 amide bonds. The third-order valence-corrected chi connectivity index (χ3v) is 4.62. The monoisotopic (exact) mass is 372 g/mol. The maximum atomic E-state index is 12.1. The number of carbonyl (C=O) groups is 1. The molecule has 0 bridgehead atoms. The van der Waals surface area contributed by atoms with Gasteiger partial charge in [-0.15, -0.1) is 0 Å². The van der Waals surface area contributed by atoms with Crippen molar-refractivity contribution in [3.8, 4) is 0 Å². The third-order valence-electron chi connectivity index (χ3n) is 3.54. The van der Waals surface area contributed by atoms with Crippen molar-refractivity contribution in [2.24, 2.45) is 22.4 Å². The van der Waals surface area contributed by atoms with Crippen molar-refractivity contribution < 1.29 is 4.79 Å². The molecule has 1 aromatic rings. The van der Waals surface area contributed by atoms with Gasteiger partial charge in [0.25, 0.3) is 0 Å². The summed E-state index contributed by atoms with van der Waals surface area (Å²) >= 11 is 1.22. The normalized spacial score (nSPS) is 16.0. The number of thioether (sulfide) groups is 1. The topological polar surface area (TPSA) is 111 Å². The molecular formula is C18H24N6OS. The highest BCUT2D eigenvalue weighted by Crippen LogP contribution is 2.34. The molecule has 0 aliphatic heterocycles. The van der Waals surface area contributed by atoms with E-state index in [1.807, 2.05) is 0 Å². The SMILES string of the molecule is C=C/C=C(N=C(N)CC1CC1)/C(SC(=C)NC(=O)n1ccnc1)=C(\C)N. The zero-order chi connectivity index (χ0) is 19.1. The van der Waals surface area contributed by atoms with Gasteiger partial charge in [0, 0.05) is 24.5 Å². The lowest BCUT2D eigenvalue weighted by atomic mass is 10.2. The van der Waals surface area contributed by atoms with Crippen LogP contribution in [0.4, 0.5) is 4.79 Å². The Morgan fingerprint density at radius 2 is 2.23 bits per heavy atom. The third kappa shape index (κ3) is 5.96. The molecule has 0 radical (unpaired) electrons. The average molecular weight is 372 g/mol. The molecule has 0 spiro atoms. The predicted molar refractivity (Wildman–Crippen MR) is 107 cm³/mol. The van der Waals surface area contributed by atoms with E-state index in [0.29, 0.717) is 33.1 Å². The van der Waals surface area contributed by atoms with E-state index in [1.165, 1.54) is 41.7 Å². The molecule has 2 rings (SSSR count). The molecular weight excluding hydrogens is 348 g/mol. The number of nitrogens with zero attached hydrogens (tertiary/aromatic N) is 3. The second-order valence-corrected chi connectivity index (χ2v) is 7.08. The average Bonchev–Trinajstić information content (AvgIpc) is 3.20. The summed E-state index contributed by atoms with van der Waals surface area (Å²) in [6.45, 7) is 9.36. The lowest BCUT2D eigenvalue weighted by Crippen LogP contribution is -2.25. The highest BCUT2D eigenvalue weighted by molar-refractivity contribution is 8.06. The Bertz CT molecular complexity index is 768. The fourth-order valence-corrected chi connectivity index (χ4v) is 2.90. The fraction of sp³-hybridized carbons (Fsp3) is 0.278. The number of nitrogens with two attached hydrogens (primary N) is 2. The number of aromatic nitrogens is 2. The van der Waals surface area contributed by atoms with E-state index in [1.54, 1.807) is 25.3 Å². The maximum Gasteiger partial charge on any atom is 0.331 e. The summed E-state index contributed by atoms with van der Waals surface area (Å²) in [5, 5.41) is 3.10. The van der Waals surface area contributed by atoms with Crippen LogP contribution in [-0.2, 0) is 0 Å². The lowest BCUT2D eigenvalue weighted by Gasteiger charge is -2.13. The summed E-state index contributed by atoms with van der Waals surface area (Å²) in [5.41, 5.74) is 13.2. The zero-order valence-corrected chi connectivity index (χ0v) is 15.6. The Morgan fingerprint density at radius 3 is 2.77 bits per heavy atom. The minimum atomic E-state index is -0.361. The highest BCUT2D eigenvalue weighted by Gasteiger charge is 2.22. The largest absolute Gasteiger partial charge is 0.401 e. The summed E-state index contributed by atoms with van der Waals surface area (Å²) in [7, 11) is 0. The van der Waals surface area contributed by atoms with Gasteiger partial charge in [-0.1, -0.05) is 31.0 Å². The molecule has 1 aromatic heterocycles. The van der Waals surface area contributed by atoms with E-state index in [2.05, 4.69) is 28.5 Å². The molecule has 8 heteroatoms. The van der Waals surface area contributed by atoms with Crippen molar-refractivity contribution in [2.75, 3.05) is 0 Å². The Labute approximate surface area is 157 Å². The molecule has 0 saturated heterocycles. The number of aliphatic imine (C=N–C) groups is 1. The number of rotatable bonds is 8. The number of hydrogen-bond acceptors (Lipinski definition) is 5. The lowest BCUT2D eigenvalue weighted by molar-refractivity contribution is 0.245. The van der Waals surface area contributed by atoms with Crippen LogP contribution in [0, 0.1) is 5.92 Å². The van der Waals surface area contributed by atoms with Gasteiger partial charge in [-0.3, -0.25) is 4.57 Å². The van der Waals surface area contributed by atoms with Gasteiger partial charge in [0.05, 0.1) is 21.5 Å². The van der Waals surface area contributed by atoms with E-state index in [-0.39, 0.29) is 6.03 Å². The zero-order valence-electron chi connectivity index (χ0n) is 14.8. The Hall–Kier alpha value is -2.74. The molecule has 0 aromatic carbocycles. The smallest absolute Gasteiger partial charge is 0.331 e. The first-order valence-corrected chi connectivity index (χ1v) is 9.01. The number of amides is 1. The van der Waals surface area contributed by atoms with Gasteiger partial charge in [-0.2, -0.15) is 0 Å². The van der Waals surface area contributed by atoms with Crippen LogP contribution in [0.1, 0.15) is 26.2 Å². The summed E-state index contributed by atoms with van der Waals surface area (Å²) in [6, 6.07) is -0.361. The molecule has 138 valence electrons. The van der Waals surface area contributed by atoms with Crippen LogP contribution < -0.4 is 16.8 Å². The summed E-state index contributed by atoms with van der Waals surface area (Å²) < 4.78 is 1.32. The quantitative estimate of drug-likeness (QED) is 0.369. The Kier molecular flexibility index (Phi) is 6.85. The van der Waals surface area contributed by atoms with E-state index in [0.717, 1.165) is 6.42 Å². The molecule has 5 N–H and O–H groups in total. The van der Waals surface area contributed by atoms with Crippen molar-refractivity contribution >= 4 is 23.6 Å². The van der Waals surface area contributed by atoms with E-state index < -0.39 is 0 Å². The van der Waals surface area contributed by atoms with Crippen molar-refractivity contribution in [2.45, 2.75) is 26.2 Å². The van der Waals surface area contributed by atoms with Gasteiger partial charge in [0.2, 0.25) is 0 Å². The van der Waals surface area contributed by atoms with Crippen LogP contribution in [-0.4, -0.2) is 21.4 Å². The van der Waals surface area contributed by atoms with Gasteiger partial charge in [0.1, 0.15) is 6.33 Å². The first-order valence-electron chi connectivity index (χ1n) is 8.19. The Balaban J connectivity index is 2.11. The molecule has 0 unspecified atom stereocenters. The van der Waals surface area contributed by atoms with Crippen LogP contribution in [0.15, 0.2) is 70.4 Å². The van der Waals surface area contributed by atoms with E-state index in [4.69, 9.17) is 11.5 Å². The molecule has 1 aliphatic rings. The second kappa shape index (κ2) is 9.10. The first kappa shape index (κ1) is 19.6. The van der Waals surface area contributed by atoms with Gasteiger partial charge in [-0.25, -0.2) is 14.8 Å². The van der Waals surface area contributed by atoms with Crippen molar-refractivity contribution in [3.05, 3.63) is 65.4 Å². The van der Waals surface area contributed by atoms with Crippen LogP contribution in [0.5, 0.6) is 0 Å². The highest BCUT2D eigenvalue weighted by atomic mass is 32.2. The van der Waals surface area contributed by atoms with Gasteiger partial charge < -0.3 is 16.8 Å². The van der Waals surface area contributed by atoms with Crippen molar-refractivity contribution in [3.63, 3.8) is 0 Å².